The lowest BCUT2D eigenvalue weighted by atomic mass is 10.1. The topological polar surface area (TPSA) is 75.9 Å². The molecule has 0 aromatic heterocycles. The van der Waals surface area contributed by atoms with Gasteiger partial charge in [-0.05, 0) is 24.4 Å². The van der Waals surface area contributed by atoms with E-state index in [2.05, 4.69) is 0 Å². The van der Waals surface area contributed by atoms with Crippen molar-refractivity contribution in [3.05, 3.63) is 35.9 Å². The first-order chi connectivity index (χ1) is 11.2. The number of benzene rings is 1. The number of morpholine rings is 1. The average molecular weight is 354 g/mol. The molecule has 1 aromatic carbocycles. The van der Waals surface area contributed by atoms with E-state index in [1.165, 1.54) is 0 Å². The molecule has 2 aliphatic rings. The second-order valence-corrected chi connectivity index (χ2v) is 6.21. The van der Waals surface area contributed by atoms with Crippen molar-refractivity contribution >= 4 is 24.2 Å². The Balaban J connectivity index is 0.00000208. The minimum atomic E-state index is -0.534. The summed E-state index contributed by atoms with van der Waals surface area (Å²) in [5, 5.41) is 0. The second kappa shape index (κ2) is 8.46. The predicted molar refractivity (Wildman–Crippen MR) is 92.6 cm³/mol. The number of carbonyl (C=O) groups is 2. The van der Waals surface area contributed by atoms with Crippen LogP contribution in [-0.4, -0.2) is 60.5 Å². The van der Waals surface area contributed by atoms with Gasteiger partial charge in [0.05, 0.1) is 6.61 Å². The predicted octanol–water partition coefficient (Wildman–Crippen LogP) is 0.643. The van der Waals surface area contributed by atoms with Crippen molar-refractivity contribution in [1.29, 1.82) is 0 Å². The Kier molecular flexibility index (Phi) is 6.60. The fourth-order valence-corrected chi connectivity index (χ4v) is 3.22. The fourth-order valence-electron chi connectivity index (χ4n) is 3.22. The monoisotopic (exact) mass is 353 g/mol. The van der Waals surface area contributed by atoms with Crippen LogP contribution in [0.5, 0.6) is 0 Å². The molecule has 2 heterocycles. The molecule has 2 saturated heterocycles. The van der Waals surface area contributed by atoms with E-state index in [4.69, 9.17) is 10.5 Å². The maximum atomic E-state index is 12.8. The number of nitrogens with two attached hydrogens (primary N) is 1. The maximum Gasteiger partial charge on any atom is 0.249 e. The zero-order chi connectivity index (χ0) is 16.2. The average Bonchev–Trinajstić information content (AvgIpc) is 3.06. The largest absolute Gasteiger partial charge is 0.369 e. The van der Waals surface area contributed by atoms with Crippen molar-refractivity contribution in [1.82, 2.24) is 9.80 Å². The molecule has 0 spiro atoms. The number of hydrogen-bond donors (Lipinski definition) is 1. The molecular weight excluding hydrogens is 330 g/mol. The summed E-state index contributed by atoms with van der Waals surface area (Å²) in [7, 11) is 0. The number of ether oxygens (including phenoxy) is 1. The van der Waals surface area contributed by atoms with Crippen molar-refractivity contribution < 1.29 is 14.3 Å². The van der Waals surface area contributed by atoms with Gasteiger partial charge in [-0.15, -0.1) is 12.4 Å². The highest BCUT2D eigenvalue weighted by molar-refractivity contribution is 5.89. The minimum Gasteiger partial charge on any atom is -0.369 e. The maximum absolute atomic E-state index is 12.8. The van der Waals surface area contributed by atoms with Crippen LogP contribution in [0.4, 0.5) is 0 Å². The van der Waals surface area contributed by atoms with Gasteiger partial charge < -0.3 is 20.3 Å². The lowest BCUT2D eigenvalue weighted by Crippen LogP contribution is -2.56. The van der Waals surface area contributed by atoms with E-state index in [1.807, 2.05) is 35.2 Å². The van der Waals surface area contributed by atoms with E-state index in [0.29, 0.717) is 32.1 Å². The summed E-state index contributed by atoms with van der Waals surface area (Å²) in [6, 6.07) is 9.19. The zero-order valence-electron chi connectivity index (χ0n) is 13.6. The van der Waals surface area contributed by atoms with Crippen LogP contribution in [0.15, 0.2) is 30.3 Å². The van der Waals surface area contributed by atoms with Crippen molar-refractivity contribution in [3.8, 4) is 0 Å². The smallest absolute Gasteiger partial charge is 0.249 e. The van der Waals surface area contributed by atoms with Gasteiger partial charge in [0.25, 0.3) is 0 Å². The first kappa shape index (κ1) is 18.7. The number of halogens is 1. The molecule has 2 amide bonds. The molecule has 7 heteroatoms. The normalized spacial score (nSPS) is 24.0. The molecule has 0 saturated carbocycles. The Bertz CT molecular complexity index is 569. The number of nitrogens with zero attached hydrogens (tertiary/aromatic N) is 2. The third-order valence-corrected chi connectivity index (χ3v) is 4.61. The summed E-state index contributed by atoms with van der Waals surface area (Å²) in [5.74, 6) is 0.208. The van der Waals surface area contributed by atoms with E-state index < -0.39 is 6.04 Å². The van der Waals surface area contributed by atoms with Crippen molar-refractivity contribution in [3.63, 3.8) is 0 Å². The van der Waals surface area contributed by atoms with Gasteiger partial charge in [-0.2, -0.15) is 0 Å². The van der Waals surface area contributed by atoms with Crippen LogP contribution in [0, 0.1) is 5.92 Å². The first-order valence-corrected chi connectivity index (χ1v) is 8.09. The Morgan fingerprint density at radius 1 is 1.29 bits per heavy atom. The Labute approximate surface area is 148 Å². The number of carbonyl (C=O) groups excluding carboxylic acids is 2. The standard InChI is InChI=1S/C17H23N3O3.ClH/c18-8-14-6-7-19(9-14)17(22)15-11-23-12-16(21)20(15)10-13-4-2-1-3-5-13;/h1-5,14-15H,6-12,18H2;1H/t14?,15-;/m1./s1. The molecule has 0 bridgehead atoms. The molecule has 2 N–H and O–H groups in total. The number of hydrogen-bond acceptors (Lipinski definition) is 4. The summed E-state index contributed by atoms with van der Waals surface area (Å²) < 4.78 is 5.33. The molecule has 2 fully saturated rings. The fraction of sp³-hybridized carbons (Fsp3) is 0.529. The lowest BCUT2D eigenvalue weighted by Gasteiger charge is -2.36. The molecule has 0 radical (unpaired) electrons. The highest BCUT2D eigenvalue weighted by Crippen LogP contribution is 2.20. The van der Waals surface area contributed by atoms with Gasteiger partial charge in [0, 0.05) is 19.6 Å². The van der Waals surface area contributed by atoms with Crippen LogP contribution in [0.25, 0.3) is 0 Å². The Morgan fingerprint density at radius 2 is 2.04 bits per heavy atom. The van der Waals surface area contributed by atoms with Gasteiger partial charge in [-0.1, -0.05) is 30.3 Å². The lowest BCUT2D eigenvalue weighted by molar-refractivity contribution is -0.159. The number of rotatable bonds is 4. The molecule has 24 heavy (non-hydrogen) atoms. The Hall–Kier alpha value is -1.63. The van der Waals surface area contributed by atoms with E-state index >= 15 is 0 Å². The first-order valence-electron chi connectivity index (χ1n) is 8.09. The molecule has 3 rings (SSSR count). The minimum absolute atomic E-state index is 0. The molecule has 2 aliphatic heterocycles. The van der Waals surface area contributed by atoms with E-state index in [-0.39, 0.29) is 37.4 Å². The van der Waals surface area contributed by atoms with Gasteiger partial charge >= 0.3 is 0 Å². The van der Waals surface area contributed by atoms with Gasteiger partial charge in [0.2, 0.25) is 11.8 Å². The van der Waals surface area contributed by atoms with E-state index in [9.17, 15) is 9.59 Å². The van der Waals surface area contributed by atoms with E-state index in [1.54, 1.807) is 4.90 Å². The van der Waals surface area contributed by atoms with E-state index in [0.717, 1.165) is 12.0 Å². The van der Waals surface area contributed by atoms with Crippen molar-refractivity contribution in [2.75, 3.05) is 32.8 Å². The highest BCUT2D eigenvalue weighted by Gasteiger charge is 2.38. The van der Waals surface area contributed by atoms with Crippen LogP contribution < -0.4 is 5.73 Å². The molecule has 0 aliphatic carbocycles. The molecule has 2 atom stereocenters. The highest BCUT2D eigenvalue weighted by atomic mass is 35.5. The van der Waals surface area contributed by atoms with Crippen LogP contribution in [0.2, 0.25) is 0 Å². The summed E-state index contributed by atoms with van der Waals surface area (Å²) in [6.45, 7) is 2.73. The van der Waals surface area contributed by atoms with Crippen LogP contribution >= 0.6 is 12.4 Å². The van der Waals surface area contributed by atoms with Crippen molar-refractivity contribution in [2.45, 2.75) is 19.0 Å². The third kappa shape index (κ3) is 4.06. The van der Waals surface area contributed by atoms with Gasteiger partial charge in [0.15, 0.2) is 0 Å². The summed E-state index contributed by atoms with van der Waals surface area (Å²) in [6.07, 6.45) is 0.933. The summed E-state index contributed by atoms with van der Waals surface area (Å²) in [4.78, 5) is 28.5. The zero-order valence-corrected chi connectivity index (χ0v) is 14.4. The van der Waals surface area contributed by atoms with Gasteiger partial charge in [-0.25, -0.2) is 0 Å². The summed E-state index contributed by atoms with van der Waals surface area (Å²) in [5.41, 5.74) is 6.71. The van der Waals surface area contributed by atoms with Crippen LogP contribution in [0.1, 0.15) is 12.0 Å². The van der Waals surface area contributed by atoms with Crippen LogP contribution in [0.3, 0.4) is 0 Å². The second-order valence-electron chi connectivity index (χ2n) is 6.21. The Morgan fingerprint density at radius 3 is 2.71 bits per heavy atom. The third-order valence-electron chi connectivity index (χ3n) is 4.61. The van der Waals surface area contributed by atoms with Gasteiger partial charge in [-0.3, -0.25) is 9.59 Å². The molecular formula is C17H24ClN3O3. The van der Waals surface area contributed by atoms with Crippen LogP contribution in [-0.2, 0) is 20.9 Å². The molecule has 6 nitrogen and oxygen atoms in total. The molecule has 132 valence electrons. The number of amides is 2. The van der Waals surface area contributed by atoms with Crippen molar-refractivity contribution in [2.24, 2.45) is 11.7 Å². The molecule has 1 unspecified atom stereocenters. The van der Waals surface area contributed by atoms with Gasteiger partial charge in [0.1, 0.15) is 12.6 Å². The SMILES string of the molecule is Cl.NCC1CCN(C(=O)[C@H]2COCC(=O)N2Cc2ccccc2)C1. The summed E-state index contributed by atoms with van der Waals surface area (Å²) >= 11 is 0. The molecule has 1 aromatic rings. The quantitative estimate of drug-likeness (QED) is 0.862. The number of likely N-dealkylation sites (tertiary alicyclic amines) is 1.